The number of fused-ring (bicyclic) bond motifs is 1. The monoisotopic (exact) mass is 438 g/mol. The molecule has 6 heteroatoms. The highest BCUT2D eigenvalue weighted by atomic mass is 16.7. The topological polar surface area (TPSA) is 42.0 Å². The Morgan fingerprint density at radius 1 is 0.906 bits per heavy atom. The molecule has 0 unspecified atom stereocenters. The van der Waals surface area contributed by atoms with Crippen LogP contribution in [0.5, 0.6) is 0 Å². The highest BCUT2D eigenvalue weighted by Crippen LogP contribution is 2.47. The molecule has 1 aromatic carbocycles. The van der Waals surface area contributed by atoms with Crippen molar-refractivity contribution in [2.45, 2.75) is 96.9 Å². The van der Waals surface area contributed by atoms with Crippen LogP contribution >= 0.6 is 0 Å². The van der Waals surface area contributed by atoms with Crippen LogP contribution in [0.4, 0.5) is 5.69 Å². The van der Waals surface area contributed by atoms with Gasteiger partial charge in [0.2, 0.25) is 5.91 Å². The second-order valence-electron chi connectivity index (χ2n) is 12.4. The van der Waals surface area contributed by atoms with Gasteiger partial charge in [0.15, 0.2) is 0 Å². The van der Waals surface area contributed by atoms with Crippen molar-refractivity contribution in [2.24, 2.45) is 11.8 Å². The van der Waals surface area contributed by atoms with E-state index in [9.17, 15) is 4.79 Å². The summed E-state index contributed by atoms with van der Waals surface area (Å²) in [5.41, 5.74) is 1.92. The zero-order valence-corrected chi connectivity index (χ0v) is 21.1. The zero-order chi connectivity index (χ0) is 23.2. The quantitative estimate of drug-likeness (QED) is 0.675. The number of hydrogen-bond acceptors (Lipinski definition) is 4. The molecule has 3 heterocycles. The molecule has 5 nitrogen and oxygen atoms in total. The van der Waals surface area contributed by atoms with Crippen molar-refractivity contribution < 1.29 is 14.1 Å². The molecular weight excluding hydrogens is 399 g/mol. The summed E-state index contributed by atoms with van der Waals surface area (Å²) in [6.07, 6.45) is 2.14. The van der Waals surface area contributed by atoms with Crippen molar-refractivity contribution in [1.29, 1.82) is 0 Å². The molecular formula is C26H39BN2O3. The Labute approximate surface area is 194 Å². The summed E-state index contributed by atoms with van der Waals surface area (Å²) in [7, 11) is -0.410. The molecule has 1 aromatic rings. The second-order valence-corrected chi connectivity index (χ2v) is 12.4. The minimum Gasteiger partial charge on any atom is -0.399 e. The first kappa shape index (κ1) is 22.4. The van der Waals surface area contributed by atoms with Gasteiger partial charge in [-0.1, -0.05) is 26.0 Å². The fourth-order valence-corrected chi connectivity index (χ4v) is 5.83. The molecule has 4 aliphatic rings. The molecule has 32 heavy (non-hydrogen) atoms. The van der Waals surface area contributed by atoms with E-state index < -0.39 is 12.5 Å². The van der Waals surface area contributed by atoms with Crippen LogP contribution in [-0.2, 0) is 19.5 Å². The molecule has 0 bridgehead atoms. The summed E-state index contributed by atoms with van der Waals surface area (Å²) in [4.78, 5) is 18.3. The van der Waals surface area contributed by atoms with Crippen molar-refractivity contribution >= 4 is 24.2 Å². The van der Waals surface area contributed by atoms with Crippen LogP contribution in [0.15, 0.2) is 18.2 Å². The minimum absolute atomic E-state index is 0.227. The number of anilines is 1. The Morgan fingerprint density at radius 3 is 2.03 bits per heavy atom. The summed E-state index contributed by atoms with van der Waals surface area (Å²) in [6, 6.07) is 7.24. The summed E-state index contributed by atoms with van der Waals surface area (Å²) in [5, 5.41) is 0. The molecule has 1 aliphatic carbocycles. The van der Waals surface area contributed by atoms with Crippen molar-refractivity contribution in [3.8, 4) is 0 Å². The predicted molar refractivity (Wildman–Crippen MR) is 129 cm³/mol. The smallest absolute Gasteiger partial charge is 0.399 e. The highest BCUT2D eigenvalue weighted by Gasteiger charge is 2.54. The van der Waals surface area contributed by atoms with E-state index in [0.29, 0.717) is 6.04 Å². The third-order valence-electron chi connectivity index (χ3n) is 9.22. The number of likely N-dealkylation sites (tertiary alicyclic amines) is 1. The zero-order valence-electron chi connectivity index (χ0n) is 21.1. The molecule has 0 aromatic heterocycles. The normalized spacial score (nSPS) is 35.3. The van der Waals surface area contributed by atoms with Gasteiger partial charge in [0.05, 0.1) is 16.6 Å². The van der Waals surface area contributed by atoms with E-state index in [-0.39, 0.29) is 23.2 Å². The Balaban J connectivity index is 1.39. The van der Waals surface area contributed by atoms with E-state index >= 15 is 0 Å². The first-order chi connectivity index (χ1) is 14.8. The van der Waals surface area contributed by atoms with Crippen LogP contribution < -0.4 is 10.4 Å². The van der Waals surface area contributed by atoms with E-state index in [2.05, 4.69) is 83.4 Å². The molecule has 0 N–H and O–H groups in total. The van der Waals surface area contributed by atoms with Crippen molar-refractivity contribution in [3.05, 3.63) is 23.8 Å². The van der Waals surface area contributed by atoms with Crippen LogP contribution in [0.25, 0.3) is 0 Å². The van der Waals surface area contributed by atoms with Gasteiger partial charge >= 0.3 is 7.12 Å². The van der Waals surface area contributed by atoms with Crippen LogP contribution in [0.1, 0.15) is 73.8 Å². The average molecular weight is 438 g/mol. The lowest BCUT2D eigenvalue weighted by atomic mass is 9.76. The molecule has 5 rings (SSSR count). The van der Waals surface area contributed by atoms with Crippen LogP contribution in [0.2, 0.25) is 0 Å². The number of amides is 1. The third-order valence-corrected chi connectivity index (χ3v) is 9.22. The Morgan fingerprint density at radius 2 is 1.47 bits per heavy atom. The molecule has 174 valence electrons. The molecule has 0 spiro atoms. The molecule has 1 amide bonds. The van der Waals surface area contributed by atoms with Gasteiger partial charge in [0.1, 0.15) is 0 Å². The van der Waals surface area contributed by atoms with Crippen LogP contribution in [-0.4, -0.2) is 54.3 Å². The lowest BCUT2D eigenvalue weighted by Crippen LogP contribution is -2.56. The maximum Gasteiger partial charge on any atom is 0.494 e. The number of benzene rings is 1. The summed E-state index contributed by atoms with van der Waals surface area (Å²) < 4.78 is 12.6. The van der Waals surface area contributed by atoms with E-state index in [1.54, 1.807) is 0 Å². The molecule has 0 radical (unpaired) electrons. The van der Waals surface area contributed by atoms with Gasteiger partial charge in [-0.15, -0.1) is 0 Å². The summed E-state index contributed by atoms with van der Waals surface area (Å²) in [5.74, 6) is 1.76. The Hall–Kier alpha value is -1.37. The standard InChI is InChI=1S/C26H39BN2O3/c1-16-14-28(15-17(16)2)19-12-20(13-19)29-22-11-18(9-10-21(22)24(3,4)23(29)30)27-31-25(5,6)26(7,8)32-27/h9-11,16-17,19-20H,12-15H2,1-8H3/t16-,17+,19?,20?. The minimum atomic E-state index is -0.494. The van der Waals surface area contributed by atoms with Gasteiger partial charge in [-0.3, -0.25) is 9.69 Å². The van der Waals surface area contributed by atoms with Gasteiger partial charge in [-0.25, -0.2) is 0 Å². The SMILES string of the molecule is C[C@@H]1CN(C2CC(N3C(=O)C(C)(C)c4ccc(B5OC(C)(C)C(C)(C)O5)cc43)C2)C[C@@H]1C. The van der Waals surface area contributed by atoms with E-state index in [1.165, 1.54) is 13.1 Å². The number of nitrogens with zero attached hydrogens (tertiary/aromatic N) is 2. The van der Waals surface area contributed by atoms with E-state index in [4.69, 9.17) is 9.31 Å². The first-order valence-electron chi connectivity index (χ1n) is 12.4. The van der Waals surface area contributed by atoms with E-state index in [1.807, 2.05) is 0 Å². The summed E-state index contributed by atoms with van der Waals surface area (Å²) >= 11 is 0. The first-order valence-corrected chi connectivity index (χ1v) is 12.4. The Kier molecular flexibility index (Phi) is 4.95. The molecule has 3 aliphatic heterocycles. The molecule has 2 atom stereocenters. The largest absolute Gasteiger partial charge is 0.494 e. The second kappa shape index (κ2) is 7.07. The van der Waals surface area contributed by atoms with E-state index in [0.717, 1.165) is 41.4 Å². The van der Waals surface area contributed by atoms with Gasteiger partial charge in [-0.05, 0) is 83.3 Å². The molecule has 2 saturated heterocycles. The Bertz CT molecular complexity index is 911. The van der Waals surface area contributed by atoms with Crippen molar-refractivity contribution in [3.63, 3.8) is 0 Å². The van der Waals surface area contributed by atoms with Crippen molar-refractivity contribution in [2.75, 3.05) is 18.0 Å². The maximum atomic E-state index is 13.5. The van der Waals surface area contributed by atoms with Gasteiger partial charge in [-0.2, -0.15) is 0 Å². The third kappa shape index (κ3) is 3.20. The van der Waals surface area contributed by atoms with Gasteiger partial charge < -0.3 is 14.2 Å². The number of rotatable bonds is 3. The van der Waals surface area contributed by atoms with Gasteiger partial charge in [0.25, 0.3) is 0 Å². The predicted octanol–water partition coefficient (Wildman–Crippen LogP) is 3.73. The van der Waals surface area contributed by atoms with Crippen LogP contribution in [0.3, 0.4) is 0 Å². The van der Waals surface area contributed by atoms with Gasteiger partial charge in [0, 0.05) is 30.9 Å². The molecule has 3 fully saturated rings. The fraction of sp³-hybridized carbons (Fsp3) is 0.731. The lowest BCUT2D eigenvalue weighted by Gasteiger charge is -2.46. The molecule has 1 saturated carbocycles. The van der Waals surface area contributed by atoms with Crippen LogP contribution in [0, 0.1) is 11.8 Å². The maximum absolute atomic E-state index is 13.5. The fourth-order valence-electron chi connectivity index (χ4n) is 5.83. The number of carbonyl (C=O) groups excluding carboxylic acids is 1. The summed E-state index contributed by atoms with van der Waals surface area (Å²) in [6.45, 7) is 19.5. The lowest BCUT2D eigenvalue weighted by molar-refractivity contribution is -0.123. The van der Waals surface area contributed by atoms with Crippen molar-refractivity contribution in [1.82, 2.24) is 4.90 Å². The number of hydrogen-bond donors (Lipinski definition) is 0. The highest BCUT2D eigenvalue weighted by molar-refractivity contribution is 6.62. The average Bonchev–Trinajstić information content (AvgIpc) is 3.17. The number of carbonyl (C=O) groups is 1.